The fourth-order valence-electron chi connectivity index (χ4n) is 9.69. The van der Waals surface area contributed by atoms with Crippen molar-refractivity contribution in [3.8, 4) is 11.1 Å². The average Bonchev–Trinajstić information content (AvgIpc) is 3.23. The van der Waals surface area contributed by atoms with Crippen LogP contribution in [-0.2, 0) is 10.8 Å². The van der Waals surface area contributed by atoms with Crippen LogP contribution in [0.15, 0.2) is 42.5 Å². The Bertz CT molecular complexity index is 2800. The largest absolute Gasteiger partial charge is 0.384 e. The van der Waals surface area contributed by atoms with Crippen molar-refractivity contribution >= 4 is 17.1 Å². The highest BCUT2D eigenvalue weighted by molar-refractivity contribution is 5.94. The summed E-state index contributed by atoms with van der Waals surface area (Å²) >= 11 is 0. The van der Waals surface area contributed by atoms with Gasteiger partial charge in [-0.1, -0.05) is 30.3 Å². The molecule has 0 amide bonds. The number of anilines is 3. The summed E-state index contributed by atoms with van der Waals surface area (Å²) in [5.74, 6) is -116. The Morgan fingerprint density at radius 3 is 1.01 bits per heavy atom. The fourth-order valence-corrected chi connectivity index (χ4v) is 9.69. The fraction of sp³-hybridized carbons (Fsp3) is 0.351. The van der Waals surface area contributed by atoms with Crippen molar-refractivity contribution in [3.05, 3.63) is 112 Å². The van der Waals surface area contributed by atoms with E-state index in [0.717, 1.165) is 0 Å². The lowest BCUT2D eigenvalue weighted by Crippen LogP contribution is -2.98. The van der Waals surface area contributed by atoms with E-state index in [1.165, 1.54) is 0 Å². The molecule has 3 aliphatic carbocycles. The molecule has 0 aromatic heterocycles. The van der Waals surface area contributed by atoms with Gasteiger partial charge in [-0.2, -0.15) is 87.8 Å². The summed E-state index contributed by atoms with van der Waals surface area (Å²) in [6.45, 7) is 0. The third-order valence-electron chi connectivity index (χ3n) is 12.6. The van der Waals surface area contributed by atoms with Crippen LogP contribution in [0.25, 0.3) is 11.1 Å². The third-order valence-corrected chi connectivity index (χ3v) is 12.6. The molecule has 2 fully saturated rings. The second kappa shape index (κ2) is 12.7. The molecule has 370 valence electrons. The van der Waals surface area contributed by atoms with Gasteiger partial charge in [-0.15, -0.1) is 0 Å². The molecule has 1 aliphatic heterocycles. The summed E-state index contributed by atoms with van der Waals surface area (Å²) in [7, 11) is 0. The monoisotopic (exact) mass is 1040 g/mol. The predicted octanol–water partition coefficient (Wildman–Crippen LogP) is 14.0. The summed E-state index contributed by atoms with van der Waals surface area (Å²) in [4.78, 5) is -1.03. The smallest absolute Gasteiger partial charge is 0.304 e. The molecule has 0 radical (unpaired) electrons. The highest BCUT2D eigenvalue weighted by Crippen LogP contribution is 2.89. The van der Waals surface area contributed by atoms with Crippen molar-refractivity contribution in [1.82, 2.24) is 0 Å². The molecule has 31 heteroatoms. The summed E-state index contributed by atoms with van der Waals surface area (Å²) in [5.41, 5.74) is -48.3. The molecule has 4 aromatic carbocycles. The Kier molecular flexibility index (Phi) is 9.13. The molecule has 0 bridgehead atoms. The number of nitrogens with zero attached hydrogens (tertiary/aromatic N) is 1. The summed E-state index contributed by atoms with van der Waals surface area (Å²) in [6.07, 6.45) is 0. The summed E-state index contributed by atoms with van der Waals surface area (Å²) < 4.78 is 469. The predicted molar refractivity (Wildman–Crippen MR) is 162 cm³/mol. The minimum absolute atomic E-state index is 0.000627. The van der Waals surface area contributed by atoms with Crippen LogP contribution in [0.2, 0.25) is 0 Å². The first-order chi connectivity index (χ1) is 30.5. The zero-order chi connectivity index (χ0) is 51.8. The normalized spacial score (nSPS) is 26.9. The lowest BCUT2D eigenvalue weighted by Gasteiger charge is -2.74. The first-order valence-electron chi connectivity index (χ1n) is 17.4. The first-order valence-corrected chi connectivity index (χ1v) is 17.4. The minimum atomic E-state index is -8.91. The van der Waals surface area contributed by atoms with Crippen LogP contribution in [-0.4, -0.2) is 64.9 Å². The Morgan fingerprint density at radius 1 is 0.294 bits per heavy atom. The number of alkyl halides is 21. The zero-order valence-electron chi connectivity index (χ0n) is 30.8. The van der Waals surface area contributed by atoms with Crippen LogP contribution in [0.4, 0.5) is 149 Å². The van der Waals surface area contributed by atoms with Gasteiger partial charge in [0.25, 0.3) is 5.67 Å². The Labute approximate surface area is 352 Å². The maximum absolute atomic E-state index is 18.2. The maximum atomic E-state index is 18.2. The standard InChI is InChI=1S/C37H7F30N/c38-15-12(16(39)20(43)21(44)19(15)42)13-17(40)22(45)24(23(46)18(13)41)68-10-6-2-1-4-8(10)25(27(47)30(52,53)34(60,61)37(66,67)35(62,63)31(27,54)55)14-9(5-3-7-11(14)68)26(25)28(48,49)32(56,57)36(64,65)33(58,59)29(26,50)51/h1-7H. The molecule has 8 rings (SSSR count). The maximum Gasteiger partial charge on any atom is 0.384 e. The number of halogens is 30. The lowest BCUT2D eigenvalue weighted by molar-refractivity contribution is -0.518. The van der Waals surface area contributed by atoms with Gasteiger partial charge in [0.05, 0.1) is 27.9 Å². The number of hydrogen-bond acceptors (Lipinski definition) is 1. The number of hydrogen-bond donors (Lipinski definition) is 0. The second-order valence-corrected chi connectivity index (χ2v) is 15.4. The number of fused-ring (bicyclic) bond motifs is 4. The molecule has 1 atom stereocenters. The van der Waals surface area contributed by atoms with Crippen molar-refractivity contribution < 1.29 is 132 Å². The Hall–Kier alpha value is -5.42. The van der Waals surface area contributed by atoms with Crippen LogP contribution in [0.5, 0.6) is 0 Å². The van der Waals surface area contributed by atoms with E-state index in [-0.39, 0.29) is 12.1 Å². The molecule has 1 unspecified atom stereocenters. The van der Waals surface area contributed by atoms with E-state index in [1.807, 2.05) is 0 Å². The summed E-state index contributed by atoms with van der Waals surface area (Å²) in [6, 6.07) is -3.59. The highest BCUT2D eigenvalue weighted by atomic mass is 19.4. The van der Waals surface area contributed by atoms with E-state index in [1.54, 1.807) is 0 Å². The topological polar surface area (TPSA) is 3.24 Å². The molecule has 1 nitrogen and oxygen atoms in total. The third kappa shape index (κ3) is 4.15. The first kappa shape index (κ1) is 49.0. The number of benzene rings is 4. The molecule has 1 spiro atoms. The van der Waals surface area contributed by atoms with Gasteiger partial charge in [0.1, 0.15) is 5.69 Å². The average molecular weight is 1040 g/mol. The van der Waals surface area contributed by atoms with Gasteiger partial charge in [0.15, 0.2) is 52.0 Å². The van der Waals surface area contributed by atoms with Crippen LogP contribution >= 0.6 is 0 Å². The van der Waals surface area contributed by atoms with Gasteiger partial charge in [0.2, 0.25) is 5.82 Å². The van der Waals surface area contributed by atoms with Gasteiger partial charge in [-0.25, -0.2) is 43.9 Å². The molecule has 0 saturated heterocycles. The van der Waals surface area contributed by atoms with Crippen molar-refractivity contribution in [1.29, 1.82) is 0 Å². The van der Waals surface area contributed by atoms with Gasteiger partial charge in [0, 0.05) is 0 Å². The molecule has 4 aromatic rings. The molecule has 1 heterocycles. The minimum Gasteiger partial charge on any atom is -0.304 e. The van der Waals surface area contributed by atoms with Crippen LogP contribution < -0.4 is 4.90 Å². The Morgan fingerprint density at radius 2 is 0.603 bits per heavy atom. The van der Waals surface area contributed by atoms with Gasteiger partial charge >= 0.3 is 59.2 Å². The molecular formula is C37H7F30N. The molecule has 0 N–H and O–H groups in total. The van der Waals surface area contributed by atoms with Gasteiger partial charge < -0.3 is 4.90 Å². The van der Waals surface area contributed by atoms with Gasteiger partial charge in [-0.05, 0) is 28.8 Å². The Balaban J connectivity index is 1.64. The van der Waals surface area contributed by atoms with E-state index in [9.17, 15) is 39.5 Å². The van der Waals surface area contributed by atoms with Crippen molar-refractivity contribution in [2.24, 2.45) is 0 Å². The molecular weight excluding hydrogens is 1030 g/mol. The molecule has 68 heavy (non-hydrogen) atoms. The molecule has 4 aliphatic rings. The summed E-state index contributed by atoms with van der Waals surface area (Å²) in [5, 5.41) is 0. The SMILES string of the molecule is Fc1c(F)c(F)c(-c2c(F)c(F)c(N3c4ccccc4C4(C5(F)C(F)(F)C(F)(F)C(F)(F)C(F)(F)C5(F)F)c5c3cccc5C43C(F)(F)C(F)(F)C(F)(F)C(F)(F)C3(F)F)c(F)c2F)c(F)c1F. The highest BCUT2D eigenvalue weighted by Gasteiger charge is 3.13. The van der Waals surface area contributed by atoms with E-state index >= 15 is 92.2 Å². The van der Waals surface area contributed by atoms with Crippen molar-refractivity contribution in [3.63, 3.8) is 0 Å². The van der Waals surface area contributed by atoms with Crippen LogP contribution in [0.3, 0.4) is 0 Å². The quantitative estimate of drug-likeness (QED) is 0.112. The van der Waals surface area contributed by atoms with E-state index in [4.69, 9.17) is 0 Å². The van der Waals surface area contributed by atoms with E-state index in [0.29, 0.717) is 0 Å². The van der Waals surface area contributed by atoms with Gasteiger partial charge in [-0.3, -0.25) is 0 Å². The lowest BCUT2D eigenvalue weighted by atomic mass is 9.30. The van der Waals surface area contributed by atoms with Crippen LogP contribution in [0, 0.1) is 52.4 Å². The number of para-hydroxylation sites is 1. The van der Waals surface area contributed by atoms with Crippen molar-refractivity contribution in [2.45, 2.75) is 75.7 Å². The van der Waals surface area contributed by atoms with Crippen molar-refractivity contribution in [2.75, 3.05) is 4.90 Å². The number of rotatable bonds is 3. The molecule has 2 saturated carbocycles. The van der Waals surface area contributed by atoms with E-state index in [2.05, 4.69) is 0 Å². The zero-order valence-corrected chi connectivity index (χ0v) is 30.8. The van der Waals surface area contributed by atoms with E-state index < -0.39 is 208 Å². The second-order valence-electron chi connectivity index (χ2n) is 15.4. The van der Waals surface area contributed by atoms with Crippen LogP contribution in [0.1, 0.15) is 16.7 Å².